The molecule has 0 N–H and O–H groups in total. The largest absolute Gasteiger partial charge is 0.309 e. The molecule has 2 heteroatoms. The molecule has 48 heavy (non-hydrogen) atoms. The van der Waals surface area contributed by atoms with E-state index >= 15 is 0 Å². The molecule has 0 radical (unpaired) electrons. The van der Waals surface area contributed by atoms with Crippen LogP contribution in [-0.4, -0.2) is 0 Å². The first-order valence-corrected chi connectivity index (χ1v) is 17.2. The number of rotatable bonds is 4. The maximum absolute atomic E-state index is 2.49. The summed E-state index contributed by atoms with van der Waals surface area (Å²) in [5.74, 6) is 0. The number of thiophene rings is 1. The molecular weight excluding hydrogens is 599 g/mol. The van der Waals surface area contributed by atoms with E-state index in [1.807, 2.05) is 11.3 Å². The molecule has 1 heterocycles. The van der Waals surface area contributed by atoms with E-state index in [0.29, 0.717) is 0 Å². The van der Waals surface area contributed by atoms with Gasteiger partial charge in [-0.25, -0.2) is 0 Å². The zero-order valence-electron chi connectivity index (χ0n) is 26.1. The van der Waals surface area contributed by atoms with Crippen LogP contribution in [0.3, 0.4) is 0 Å². The second kappa shape index (κ2) is 10.8. The van der Waals surface area contributed by atoms with E-state index < -0.39 is 0 Å². The lowest BCUT2D eigenvalue weighted by atomic mass is 9.94. The van der Waals surface area contributed by atoms with E-state index in [2.05, 4.69) is 181 Å². The van der Waals surface area contributed by atoms with Crippen LogP contribution < -0.4 is 4.90 Å². The summed E-state index contributed by atoms with van der Waals surface area (Å²) in [4.78, 5) is 2.49. The van der Waals surface area contributed by atoms with Gasteiger partial charge in [-0.1, -0.05) is 133 Å². The molecule has 0 aliphatic carbocycles. The second-order valence-corrected chi connectivity index (χ2v) is 13.6. The Morgan fingerprint density at radius 1 is 0.354 bits per heavy atom. The molecule has 0 aliphatic heterocycles. The fraction of sp³-hybridized carbons (Fsp3) is 0. The van der Waals surface area contributed by atoms with Crippen molar-refractivity contribution in [2.75, 3.05) is 4.90 Å². The van der Waals surface area contributed by atoms with Crippen molar-refractivity contribution in [3.8, 4) is 11.1 Å². The molecule has 10 aromatic rings. The Bertz CT molecular complexity index is 2840. The summed E-state index contributed by atoms with van der Waals surface area (Å²) in [5, 5.41) is 12.7. The molecular formula is C46H29NS. The lowest BCUT2D eigenvalue weighted by Gasteiger charge is -2.30. The molecule has 0 saturated carbocycles. The predicted molar refractivity (Wildman–Crippen MR) is 209 cm³/mol. The van der Waals surface area contributed by atoms with Crippen LogP contribution in [0, 0.1) is 0 Å². The highest BCUT2D eigenvalue weighted by molar-refractivity contribution is 7.25. The third kappa shape index (κ3) is 4.24. The van der Waals surface area contributed by atoms with Crippen LogP contribution in [-0.2, 0) is 0 Å². The highest BCUT2D eigenvalue weighted by atomic mass is 32.1. The van der Waals surface area contributed by atoms with Gasteiger partial charge in [-0.15, -0.1) is 11.3 Å². The normalized spacial score (nSPS) is 11.8. The van der Waals surface area contributed by atoms with E-state index in [4.69, 9.17) is 0 Å². The minimum atomic E-state index is 1.13. The molecule has 0 aliphatic rings. The fourth-order valence-corrected chi connectivity index (χ4v) is 8.71. The summed E-state index contributed by atoms with van der Waals surface area (Å²) in [7, 11) is 0. The van der Waals surface area contributed by atoms with Gasteiger partial charge < -0.3 is 4.90 Å². The molecule has 0 unspecified atom stereocenters. The van der Waals surface area contributed by atoms with Gasteiger partial charge in [0.15, 0.2) is 0 Å². The monoisotopic (exact) mass is 627 g/mol. The molecule has 10 rings (SSSR count). The summed E-state index contributed by atoms with van der Waals surface area (Å²) >= 11 is 1.87. The first-order chi connectivity index (χ1) is 23.8. The Kier molecular flexibility index (Phi) is 6.12. The predicted octanol–water partition coefficient (Wildman–Crippen LogP) is 13.8. The number of para-hydroxylation sites is 1. The van der Waals surface area contributed by atoms with Crippen LogP contribution in [0.2, 0.25) is 0 Å². The average Bonchev–Trinajstić information content (AvgIpc) is 3.51. The number of fused-ring (bicyclic) bond motifs is 9. The molecule has 0 atom stereocenters. The number of nitrogens with zero attached hydrogens (tertiary/aromatic N) is 1. The lowest BCUT2D eigenvalue weighted by Crippen LogP contribution is -2.12. The van der Waals surface area contributed by atoms with Crippen molar-refractivity contribution in [2.45, 2.75) is 0 Å². The Balaban J connectivity index is 1.31. The van der Waals surface area contributed by atoms with Crippen LogP contribution in [0.15, 0.2) is 176 Å². The number of anilines is 3. The highest BCUT2D eigenvalue weighted by Crippen LogP contribution is 2.47. The van der Waals surface area contributed by atoms with E-state index in [1.54, 1.807) is 0 Å². The summed E-state index contributed by atoms with van der Waals surface area (Å²) in [6.45, 7) is 0. The van der Waals surface area contributed by atoms with E-state index in [0.717, 1.165) is 11.4 Å². The summed E-state index contributed by atoms with van der Waals surface area (Å²) < 4.78 is 2.66. The lowest BCUT2D eigenvalue weighted by molar-refractivity contribution is 1.30. The standard InChI is InChI=1S/C46H29NS/c1-2-11-30(12-3-1)37-15-6-8-18-41(37)47(36-26-25-34-29-44-40(28-35(34)27-36)39-17-7-9-20-43(39)48-44)42-19-10-14-32-23-24-33-22-21-31-13-4-5-16-38(31)45(33)46(32)42/h1-29H. The SMILES string of the molecule is c1ccc(-c2ccccc2N(c2ccc3cc4sc5ccccc5c4cc3c2)c2cccc3ccc4ccc5ccccc5c4c23)cc1. The minimum Gasteiger partial charge on any atom is -0.309 e. The van der Waals surface area contributed by atoms with Crippen LogP contribution in [0.5, 0.6) is 0 Å². The zero-order chi connectivity index (χ0) is 31.6. The Labute approximate surface area is 282 Å². The highest BCUT2D eigenvalue weighted by Gasteiger charge is 2.21. The fourth-order valence-electron chi connectivity index (χ4n) is 7.57. The average molecular weight is 628 g/mol. The molecule has 1 nitrogen and oxygen atoms in total. The molecule has 1 aromatic heterocycles. The molecule has 224 valence electrons. The Morgan fingerprint density at radius 3 is 1.92 bits per heavy atom. The van der Waals surface area contributed by atoms with Crippen LogP contribution in [0.4, 0.5) is 17.1 Å². The van der Waals surface area contributed by atoms with Gasteiger partial charge in [-0.3, -0.25) is 0 Å². The maximum atomic E-state index is 2.49. The van der Waals surface area contributed by atoms with Gasteiger partial charge in [-0.05, 0) is 85.7 Å². The first kappa shape index (κ1) is 27.2. The molecule has 9 aromatic carbocycles. The molecule has 0 spiro atoms. The van der Waals surface area contributed by atoms with Crippen molar-refractivity contribution >= 4 is 91.7 Å². The zero-order valence-corrected chi connectivity index (χ0v) is 26.9. The van der Waals surface area contributed by atoms with Crippen molar-refractivity contribution in [3.63, 3.8) is 0 Å². The summed E-state index contributed by atoms with van der Waals surface area (Å²) in [5.41, 5.74) is 5.84. The maximum Gasteiger partial charge on any atom is 0.0546 e. The Morgan fingerprint density at radius 2 is 1.02 bits per heavy atom. The van der Waals surface area contributed by atoms with Crippen molar-refractivity contribution in [3.05, 3.63) is 176 Å². The minimum absolute atomic E-state index is 1.13. The molecule has 0 fully saturated rings. The number of hydrogen-bond donors (Lipinski definition) is 0. The summed E-state index contributed by atoms with van der Waals surface area (Å²) in [6, 6.07) is 64.6. The van der Waals surface area contributed by atoms with E-state index in [1.165, 1.54) is 80.1 Å². The number of benzene rings is 9. The molecule has 0 saturated heterocycles. The number of hydrogen-bond acceptors (Lipinski definition) is 2. The van der Waals surface area contributed by atoms with Gasteiger partial charge in [0.05, 0.1) is 11.4 Å². The topological polar surface area (TPSA) is 3.24 Å². The van der Waals surface area contributed by atoms with Gasteiger partial charge in [0.1, 0.15) is 0 Å². The van der Waals surface area contributed by atoms with Crippen LogP contribution in [0.25, 0.3) is 74.4 Å². The molecule has 0 amide bonds. The third-order valence-electron chi connectivity index (χ3n) is 9.78. The third-order valence-corrected chi connectivity index (χ3v) is 10.9. The quantitative estimate of drug-likeness (QED) is 0.176. The van der Waals surface area contributed by atoms with Crippen molar-refractivity contribution in [1.82, 2.24) is 0 Å². The van der Waals surface area contributed by atoms with Crippen LogP contribution >= 0.6 is 11.3 Å². The van der Waals surface area contributed by atoms with Crippen molar-refractivity contribution in [2.24, 2.45) is 0 Å². The van der Waals surface area contributed by atoms with Gasteiger partial charge in [0, 0.05) is 36.8 Å². The van der Waals surface area contributed by atoms with E-state index in [-0.39, 0.29) is 0 Å². The molecule has 0 bridgehead atoms. The Hall–Kier alpha value is -5.96. The van der Waals surface area contributed by atoms with Gasteiger partial charge in [0.25, 0.3) is 0 Å². The smallest absolute Gasteiger partial charge is 0.0546 e. The second-order valence-electron chi connectivity index (χ2n) is 12.5. The van der Waals surface area contributed by atoms with Crippen molar-refractivity contribution in [1.29, 1.82) is 0 Å². The first-order valence-electron chi connectivity index (χ1n) is 16.4. The van der Waals surface area contributed by atoms with Crippen molar-refractivity contribution < 1.29 is 0 Å². The van der Waals surface area contributed by atoms with Gasteiger partial charge in [-0.2, -0.15) is 0 Å². The summed E-state index contributed by atoms with van der Waals surface area (Å²) in [6.07, 6.45) is 0. The van der Waals surface area contributed by atoms with Crippen LogP contribution in [0.1, 0.15) is 0 Å². The van der Waals surface area contributed by atoms with Gasteiger partial charge >= 0.3 is 0 Å². The van der Waals surface area contributed by atoms with Gasteiger partial charge in [0.2, 0.25) is 0 Å². The van der Waals surface area contributed by atoms with E-state index in [9.17, 15) is 0 Å².